The lowest BCUT2D eigenvalue weighted by Gasteiger charge is -2.35. The number of nitrogens with zero attached hydrogens (tertiary/aromatic N) is 5. The average molecular weight is 292 g/mol. The van der Waals surface area contributed by atoms with Gasteiger partial charge in [0, 0.05) is 33.8 Å². The van der Waals surface area contributed by atoms with E-state index in [1.165, 1.54) is 11.3 Å². The molecule has 7 nitrogen and oxygen atoms in total. The van der Waals surface area contributed by atoms with Gasteiger partial charge in [0.2, 0.25) is 0 Å². The number of carbonyl (C=O) groups is 1. The minimum Gasteiger partial charge on any atom is -0.365 e. The van der Waals surface area contributed by atoms with Crippen LogP contribution in [0.5, 0.6) is 0 Å². The van der Waals surface area contributed by atoms with Gasteiger partial charge in [-0.1, -0.05) is 11.3 Å². The summed E-state index contributed by atoms with van der Waals surface area (Å²) in [5.74, 6) is 0.519. The van der Waals surface area contributed by atoms with Crippen molar-refractivity contribution in [3.63, 3.8) is 0 Å². The van der Waals surface area contributed by atoms with Crippen LogP contribution in [0.2, 0.25) is 0 Å². The van der Waals surface area contributed by atoms with Crippen LogP contribution in [0.4, 0.5) is 10.9 Å². The van der Waals surface area contributed by atoms with Gasteiger partial charge in [-0.15, -0.1) is 0 Å². The monoisotopic (exact) mass is 292 g/mol. The summed E-state index contributed by atoms with van der Waals surface area (Å²) in [6, 6.07) is 1.91. The fourth-order valence-corrected chi connectivity index (χ4v) is 2.94. The lowest BCUT2D eigenvalue weighted by Crippen LogP contribution is -2.46. The highest BCUT2D eigenvalue weighted by molar-refractivity contribution is 7.17. The van der Waals surface area contributed by atoms with Crippen molar-refractivity contribution in [2.75, 3.05) is 36.0 Å². The van der Waals surface area contributed by atoms with Crippen molar-refractivity contribution in [3.8, 4) is 0 Å². The summed E-state index contributed by atoms with van der Waals surface area (Å²) in [5.41, 5.74) is 5.25. The number of hydrogen-bond acceptors (Lipinski definition) is 7. The lowest BCUT2D eigenvalue weighted by molar-refractivity contribution is 0.100. The van der Waals surface area contributed by atoms with Gasteiger partial charge >= 0.3 is 0 Å². The minimum atomic E-state index is -0.423. The maximum absolute atomic E-state index is 11.1. The van der Waals surface area contributed by atoms with Gasteiger partial charge in [0.25, 0.3) is 5.91 Å². The van der Waals surface area contributed by atoms with Crippen molar-refractivity contribution in [1.82, 2.24) is 15.0 Å². The molecule has 2 N–H and O–H groups in total. The SMILES string of the molecule is NC(=O)c1cnc(N2CCN(c3ccncn3)CC2)s1.[HH]. The molecule has 106 valence electrons. The van der Waals surface area contributed by atoms with Gasteiger partial charge in [0.15, 0.2) is 5.13 Å². The topological polar surface area (TPSA) is 88.2 Å². The van der Waals surface area contributed by atoms with E-state index in [1.54, 1.807) is 18.7 Å². The number of primary amides is 1. The summed E-state index contributed by atoms with van der Waals surface area (Å²) < 4.78 is 0. The van der Waals surface area contributed by atoms with Crippen LogP contribution in [-0.4, -0.2) is 47.0 Å². The van der Waals surface area contributed by atoms with Crippen LogP contribution in [0.3, 0.4) is 0 Å². The molecule has 0 aliphatic carbocycles. The van der Waals surface area contributed by atoms with Gasteiger partial charge in [-0.25, -0.2) is 15.0 Å². The molecular formula is C12H16N6OS. The molecule has 1 fully saturated rings. The zero-order chi connectivity index (χ0) is 13.9. The largest absolute Gasteiger partial charge is 0.365 e. The van der Waals surface area contributed by atoms with E-state index >= 15 is 0 Å². The van der Waals surface area contributed by atoms with Crippen molar-refractivity contribution >= 4 is 28.2 Å². The van der Waals surface area contributed by atoms with Crippen molar-refractivity contribution in [2.45, 2.75) is 0 Å². The number of anilines is 2. The number of carbonyl (C=O) groups excluding carboxylic acids is 1. The fourth-order valence-electron chi connectivity index (χ4n) is 2.12. The first-order valence-corrected chi connectivity index (χ1v) is 7.07. The van der Waals surface area contributed by atoms with Crippen LogP contribution in [0.25, 0.3) is 0 Å². The van der Waals surface area contributed by atoms with E-state index in [0.717, 1.165) is 37.1 Å². The van der Waals surface area contributed by atoms with Crippen molar-refractivity contribution in [1.29, 1.82) is 0 Å². The second-order valence-electron chi connectivity index (χ2n) is 4.41. The van der Waals surface area contributed by atoms with Crippen LogP contribution in [-0.2, 0) is 0 Å². The van der Waals surface area contributed by atoms with Crippen LogP contribution < -0.4 is 15.5 Å². The van der Waals surface area contributed by atoms with Crippen molar-refractivity contribution < 1.29 is 6.22 Å². The van der Waals surface area contributed by atoms with E-state index in [-0.39, 0.29) is 1.43 Å². The first kappa shape index (κ1) is 12.8. The zero-order valence-electron chi connectivity index (χ0n) is 10.8. The van der Waals surface area contributed by atoms with E-state index < -0.39 is 5.91 Å². The standard InChI is InChI=1S/C12H14N6OS.H2/c13-11(19)9-7-15-12(20-9)18-5-3-17(4-6-18)10-1-2-14-8-16-10;/h1-2,7-8H,3-6H2,(H2,13,19);1H. The van der Waals surface area contributed by atoms with E-state index in [9.17, 15) is 4.79 Å². The number of hydrogen-bond donors (Lipinski definition) is 1. The Balaban J connectivity index is 0.00000161. The molecular weight excluding hydrogens is 276 g/mol. The van der Waals surface area contributed by atoms with Crippen molar-refractivity contribution in [3.05, 3.63) is 29.7 Å². The van der Waals surface area contributed by atoms with E-state index in [1.807, 2.05) is 6.07 Å². The Hall–Kier alpha value is -2.22. The quantitative estimate of drug-likeness (QED) is 0.891. The highest BCUT2D eigenvalue weighted by Gasteiger charge is 2.20. The molecule has 3 heterocycles. The summed E-state index contributed by atoms with van der Waals surface area (Å²) in [4.78, 5) is 28.4. The first-order valence-electron chi connectivity index (χ1n) is 6.25. The first-order chi connectivity index (χ1) is 9.74. The molecule has 3 rings (SSSR count). The second-order valence-corrected chi connectivity index (χ2v) is 5.42. The molecule has 0 aromatic carbocycles. The molecule has 0 atom stereocenters. The predicted molar refractivity (Wildman–Crippen MR) is 79.2 cm³/mol. The predicted octanol–water partition coefficient (Wildman–Crippen LogP) is 0.605. The summed E-state index contributed by atoms with van der Waals surface area (Å²) in [7, 11) is 0. The highest BCUT2D eigenvalue weighted by Crippen LogP contribution is 2.24. The Morgan fingerprint density at radius 1 is 1.25 bits per heavy atom. The van der Waals surface area contributed by atoms with Gasteiger partial charge in [-0.2, -0.15) is 0 Å². The molecule has 0 unspecified atom stereocenters. The Morgan fingerprint density at radius 2 is 2.00 bits per heavy atom. The molecule has 20 heavy (non-hydrogen) atoms. The Kier molecular flexibility index (Phi) is 3.46. The number of piperazine rings is 1. The smallest absolute Gasteiger partial charge is 0.260 e. The summed E-state index contributed by atoms with van der Waals surface area (Å²) in [6.07, 6.45) is 4.84. The van der Waals surface area contributed by atoms with Crippen LogP contribution >= 0.6 is 11.3 Å². The Morgan fingerprint density at radius 3 is 2.60 bits per heavy atom. The normalized spacial score (nSPS) is 15.4. The van der Waals surface area contributed by atoms with E-state index in [4.69, 9.17) is 5.73 Å². The molecule has 0 spiro atoms. The molecule has 8 heteroatoms. The molecule has 1 amide bonds. The number of rotatable bonds is 3. The summed E-state index contributed by atoms with van der Waals surface area (Å²) >= 11 is 1.34. The molecule has 0 saturated carbocycles. The van der Waals surface area contributed by atoms with Crippen LogP contribution in [0, 0.1) is 0 Å². The average Bonchev–Trinajstić information content (AvgIpc) is 2.98. The lowest BCUT2D eigenvalue weighted by atomic mass is 10.3. The maximum atomic E-state index is 11.1. The molecule has 1 aliphatic heterocycles. The Labute approximate surface area is 121 Å². The molecule has 1 saturated heterocycles. The van der Waals surface area contributed by atoms with Gasteiger partial charge in [0.05, 0.1) is 6.20 Å². The molecule has 2 aromatic heterocycles. The molecule has 0 radical (unpaired) electrons. The number of amides is 1. The van der Waals surface area contributed by atoms with Crippen LogP contribution in [0.1, 0.15) is 11.1 Å². The highest BCUT2D eigenvalue weighted by atomic mass is 32.1. The van der Waals surface area contributed by atoms with Gasteiger partial charge < -0.3 is 15.5 Å². The number of thiazole rings is 1. The maximum Gasteiger partial charge on any atom is 0.260 e. The third-order valence-corrected chi connectivity index (χ3v) is 4.25. The number of aromatic nitrogens is 3. The van der Waals surface area contributed by atoms with E-state index in [0.29, 0.717) is 4.88 Å². The van der Waals surface area contributed by atoms with Crippen molar-refractivity contribution in [2.24, 2.45) is 5.73 Å². The molecule has 1 aliphatic rings. The fraction of sp³-hybridized carbons (Fsp3) is 0.333. The van der Waals surface area contributed by atoms with Gasteiger partial charge in [0.1, 0.15) is 17.0 Å². The minimum absolute atomic E-state index is 0. The third kappa shape index (κ3) is 2.55. The zero-order valence-corrected chi connectivity index (χ0v) is 11.6. The third-order valence-electron chi connectivity index (χ3n) is 3.18. The summed E-state index contributed by atoms with van der Waals surface area (Å²) in [6.45, 7) is 3.41. The number of nitrogens with two attached hydrogens (primary N) is 1. The molecule has 2 aromatic rings. The van der Waals surface area contributed by atoms with E-state index in [2.05, 4.69) is 24.8 Å². The molecule has 0 bridgehead atoms. The Bertz CT molecular complexity index is 599. The van der Waals surface area contributed by atoms with Crippen LogP contribution in [0.15, 0.2) is 24.8 Å². The van der Waals surface area contributed by atoms with Gasteiger partial charge in [-0.3, -0.25) is 4.79 Å². The summed E-state index contributed by atoms with van der Waals surface area (Å²) in [5, 5.41) is 0.848. The van der Waals surface area contributed by atoms with Gasteiger partial charge in [-0.05, 0) is 6.07 Å². The second kappa shape index (κ2) is 5.41.